The van der Waals surface area contributed by atoms with E-state index in [-0.39, 0.29) is 0 Å². The first-order valence-electron chi connectivity index (χ1n) is 6.45. The van der Waals surface area contributed by atoms with E-state index in [0.717, 1.165) is 22.6 Å². The lowest BCUT2D eigenvalue weighted by atomic mass is 10.0. The van der Waals surface area contributed by atoms with Gasteiger partial charge in [-0.2, -0.15) is 0 Å². The minimum absolute atomic E-state index is 0.671. The summed E-state index contributed by atoms with van der Waals surface area (Å²) in [4.78, 5) is 4.42. The Morgan fingerprint density at radius 1 is 1.05 bits per heavy atom. The first-order chi connectivity index (χ1) is 9.38. The van der Waals surface area contributed by atoms with Gasteiger partial charge in [0.2, 0.25) is 0 Å². The molecule has 0 radical (unpaired) electrons. The van der Waals surface area contributed by atoms with Gasteiger partial charge < -0.3 is 4.74 Å². The van der Waals surface area contributed by atoms with Crippen LogP contribution in [-0.4, -0.2) is 12.8 Å². The Balaban J connectivity index is 2.02. The van der Waals surface area contributed by atoms with Crippen LogP contribution in [0.5, 0.6) is 5.75 Å². The molecule has 0 saturated carbocycles. The summed E-state index contributed by atoms with van der Waals surface area (Å²) >= 11 is 0. The minimum atomic E-state index is 0.671. The van der Waals surface area contributed by atoms with E-state index < -0.39 is 0 Å². The van der Waals surface area contributed by atoms with Crippen molar-refractivity contribution in [2.75, 3.05) is 6.61 Å². The Kier molecular flexibility index (Phi) is 3.15. The maximum Gasteiger partial charge on any atom is 0.126 e. The molecule has 0 aromatic heterocycles. The average molecular weight is 249 g/mol. The van der Waals surface area contributed by atoms with Crippen LogP contribution in [0.15, 0.2) is 53.5 Å². The van der Waals surface area contributed by atoms with Crippen molar-refractivity contribution in [1.82, 2.24) is 0 Å². The van der Waals surface area contributed by atoms with E-state index in [0.29, 0.717) is 6.61 Å². The number of hydrogen-bond acceptors (Lipinski definition) is 2. The molecule has 1 aliphatic heterocycles. The van der Waals surface area contributed by atoms with E-state index in [2.05, 4.69) is 23.2 Å². The van der Waals surface area contributed by atoms with Crippen LogP contribution in [0.25, 0.3) is 11.6 Å². The topological polar surface area (TPSA) is 21.6 Å². The van der Waals surface area contributed by atoms with E-state index in [9.17, 15) is 0 Å². The molecule has 94 valence electrons. The molecule has 0 N–H and O–H groups in total. The minimum Gasteiger partial charge on any atom is -0.493 e. The fourth-order valence-corrected chi connectivity index (χ4v) is 2.21. The number of rotatable bonds is 3. The zero-order valence-electron chi connectivity index (χ0n) is 10.8. The van der Waals surface area contributed by atoms with Crippen molar-refractivity contribution in [3.63, 3.8) is 0 Å². The fraction of sp³-hybridized carbons (Fsp3) is 0.118. The molecule has 0 atom stereocenters. The van der Waals surface area contributed by atoms with Gasteiger partial charge in [0.05, 0.1) is 12.3 Å². The Labute approximate surface area is 113 Å². The average Bonchev–Trinajstić information content (AvgIpc) is 2.85. The molecule has 0 saturated heterocycles. The number of nitrogens with zero attached hydrogens (tertiary/aromatic N) is 1. The van der Waals surface area contributed by atoms with Gasteiger partial charge in [-0.3, -0.25) is 4.99 Å². The third-order valence-corrected chi connectivity index (χ3v) is 3.09. The largest absolute Gasteiger partial charge is 0.493 e. The number of allylic oxidation sites excluding steroid dienone is 1. The third-order valence-electron chi connectivity index (χ3n) is 3.09. The third kappa shape index (κ3) is 2.29. The predicted octanol–water partition coefficient (Wildman–Crippen LogP) is 4.34. The highest BCUT2D eigenvalue weighted by molar-refractivity contribution is 6.21. The lowest BCUT2D eigenvalue weighted by Gasteiger charge is -2.07. The molecule has 1 heterocycles. The van der Waals surface area contributed by atoms with Crippen LogP contribution >= 0.6 is 0 Å². The molecule has 0 bridgehead atoms. The summed E-state index contributed by atoms with van der Waals surface area (Å²) in [5, 5.41) is 0. The van der Waals surface area contributed by atoms with Crippen molar-refractivity contribution >= 4 is 23.6 Å². The van der Waals surface area contributed by atoms with E-state index in [1.807, 2.05) is 49.5 Å². The maximum atomic E-state index is 5.65. The van der Waals surface area contributed by atoms with E-state index in [4.69, 9.17) is 4.74 Å². The molecular weight excluding hydrogens is 234 g/mol. The second-order valence-corrected chi connectivity index (χ2v) is 4.35. The molecule has 0 unspecified atom stereocenters. The summed E-state index contributed by atoms with van der Waals surface area (Å²) in [6.07, 6.45) is 4.04. The lowest BCUT2D eigenvalue weighted by Crippen LogP contribution is -1.93. The Hall–Kier alpha value is -2.35. The number of benzene rings is 2. The van der Waals surface area contributed by atoms with E-state index in [1.54, 1.807) is 0 Å². The molecule has 2 nitrogen and oxygen atoms in total. The number of fused-ring (bicyclic) bond motifs is 1. The van der Waals surface area contributed by atoms with Crippen molar-refractivity contribution in [2.45, 2.75) is 6.92 Å². The van der Waals surface area contributed by atoms with Crippen molar-refractivity contribution in [3.8, 4) is 5.75 Å². The molecule has 3 rings (SSSR count). The SMILES string of the molecule is CCOc1ccccc1/C=C1\C=Nc2ccccc21. The van der Waals surface area contributed by atoms with E-state index >= 15 is 0 Å². The second-order valence-electron chi connectivity index (χ2n) is 4.35. The Bertz CT molecular complexity index is 656. The maximum absolute atomic E-state index is 5.65. The first kappa shape index (κ1) is 11.7. The second kappa shape index (κ2) is 5.11. The van der Waals surface area contributed by atoms with Crippen molar-refractivity contribution in [1.29, 1.82) is 0 Å². The number of hydrogen-bond donors (Lipinski definition) is 0. The molecule has 2 aromatic rings. The van der Waals surface area contributed by atoms with Crippen molar-refractivity contribution < 1.29 is 4.74 Å². The molecule has 0 spiro atoms. The summed E-state index contributed by atoms with van der Waals surface area (Å²) < 4.78 is 5.65. The monoisotopic (exact) mass is 249 g/mol. The van der Waals surface area contributed by atoms with Crippen LogP contribution < -0.4 is 4.74 Å². The molecule has 1 aliphatic rings. The quantitative estimate of drug-likeness (QED) is 0.792. The van der Waals surface area contributed by atoms with Gasteiger partial charge in [-0.1, -0.05) is 36.4 Å². The summed E-state index contributed by atoms with van der Waals surface area (Å²) in [6.45, 7) is 2.67. The smallest absolute Gasteiger partial charge is 0.126 e. The molecule has 0 fully saturated rings. The highest BCUT2D eigenvalue weighted by Gasteiger charge is 2.11. The summed E-state index contributed by atoms with van der Waals surface area (Å²) in [7, 11) is 0. The van der Waals surface area contributed by atoms with Crippen LogP contribution in [-0.2, 0) is 0 Å². The molecule has 0 amide bonds. The highest BCUT2D eigenvalue weighted by Crippen LogP contribution is 2.33. The number of aliphatic imine (C=N–C) groups is 1. The summed E-state index contributed by atoms with van der Waals surface area (Å²) in [6, 6.07) is 16.2. The predicted molar refractivity (Wildman–Crippen MR) is 80.1 cm³/mol. The Morgan fingerprint density at radius 3 is 2.74 bits per heavy atom. The lowest BCUT2D eigenvalue weighted by molar-refractivity contribution is 0.339. The Morgan fingerprint density at radius 2 is 1.84 bits per heavy atom. The van der Waals surface area contributed by atoms with Gasteiger partial charge in [0.25, 0.3) is 0 Å². The fourth-order valence-electron chi connectivity index (χ4n) is 2.21. The van der Waals surface area contributed by atoms with Crippen LogP contribution in [0.4, 0.5) is 5.69 Å². The van der Waals surface area contributed by atoms with Gasteiger partial charge in [-0.15, -0.1) is 0 Å². The van der Waals surface area contributed by atoms with Gasteiger partial charge in [0, 0.05) is 22.9 Å². The summed E-state index contributed by atoms with van der Waals surface area (Å²) in [5.74, 6) is 0.912. The zero-order chi connectivity index (χ0) is 13.1. The standard InChI is InChI=1S/C17H15NO/c1-2-19-17-10-6-3-7-13(17)11-14-12-18-16-9-5-4-8-15(14)16/h3-12H,2H2,1H3/b14-11+. The van der Waals surface area contributed by atoms with Gasteiger partial charge in [0.15, 0.2) is 0 Å². The van der Waals surface area contributed by atoms with Crippen LogP contribution in [0, 0.1) is 0 Å². The van der Waals surface area contributed by atoms with Gasteiger partial charge in [0.1, 0.15) is 5.75 Å². The van der Waals surface area contributed by atoms with Gasteiger partial charge >= 0.3 is 0 Å². The van der Waals surface area contributed by atoms with Crippen LogP contribution in [0.1, 0.15) is 18.1 Å². The van der Waals surface area contributed by atoms with Crippen LogP contribution in [0.3, 0.4) is 0 Å². The molecule has 19 heavy (non-hydrogen) atoms. The highest BCUT2D eigenvalue weighted by atomic mass is 16.5. The summed E-state index contributed by atoms with van der Waals surface area (Å²) in [5.41, 5.74) is 4.42. The molecule has 2 aromatic carbocycles. The number of ether oxygens (including phenoxy) is 1. The van der Waals surface area contributed by atoms with Crippen molar-refractivity contribution in [2.24, 2.45) is 4.99 Å². The van der Waals surface area contributed by atoms with E-state index in [1.165, 1.54) is 5.56 Å². The van der Waals surface area contributed by atoms with Crippen molar-refractivity contribution in [3.05, 3.63) is 59.7 Å². The first-order valence-corrected chi connectivity index (χ1v) is 6.45. The number of para-hydroxylation sites is 2. The van der Waals surface area contributed by atoms with Gasteiger partial charge in [-0.25, -0.2) is 0 Å². The van der Waals surface area contributed by atoms with Gasteiger partial charge in [-0.05, 0) is 25.1 Å². The molecule has 2 heteroatoms. The normalized spacial score (nSPS) is 14.7. The van der Waals surface area contributed by atoms with Crippen LogP contribution in [0.2, 0.25) is 0 Å². The zero-order valence-corrected chi connectivity index (χ0v) is 10.8. The molecule has 0 aliphatic carbocycles. The molecular formula is C17H15NO.